The number of carbonyl (C=O) groups is 2. The average Bonchev–Trinajstić information content (AvgIpc) is 3.51. The topological polar surface area (TPSA) is 105 Å². The van der Waals surface area contributed by atoms with E-state index in [1.807, 2.05) is 12.3 Å². The van der Waals surface area contributed by atoms with Crippen molar-refractivity contribution in [1.29, 1.82) is 0 Å². The van der Waals surface area contributed by atoms with E-state index in [4.69, 9.17) is 0 Å². The molecule has 8 nitrogen and oxygen atoms in total. The average molecular weight is 447 g/mol. The number of rotatable bonds is 6. The van der Waals surface area contributed by atoms with Crippen LogP contribution in [0.1, 0.15) is 41.7 Å². The van der Waals surface area contributed by atoms with Gasteiger partial charge in [-0.05, 0) is 44.7 Å². The quantitative estimate of drug-likeness (QED) is 0.536. The van der Waals surface area contributed by atoms with Crippen molar-refractivity contribution in [3.63, 3.8) is 0 Å². The van der Waals surface area contributed by atoms with Crippen LogP contribution in [0.3, 0.4) is 0 Å². The van der Waals surface area contributed by atoms with E-state index in [-0.39, 0.29) is 29.5 Å². The second-order valence-corrected chi connectivity index (χ2v) is 9.79. The predicted molar refractivity (Wildman–Crippen MR) is 114 cm³/mol. The minimum Gasteiger partial charge on any atom is -0.353 e. The molecule has 1 aromatic carbocycles. The van der Waals surface area contributed by atoms with Crippen molar-refractivity contribution in [3.8, 4) is 0 Å². The van der Waals surface area contributed by atoms with Gasteiger partial charge in [0.25, 0.3) is 11.6 Å². The van der Waals surface area contributed by atoms with Crippen molar-refractivity contribution < 1.29 is 14.5 Å². The molecule has 1 aliphatic heterocycles. The molecule has 0 bridgehead atoms. The maximum Gasteiger partial charge on any atom is 0.284 e. The van der Waals surface area contributed by atoms with Gasteiger partial charge in [-0.3, -0.25) is 19.7 Å². The Labute approximate surface area is 182 Å². The summed E-state index contributed by atoms with van der Waals surface area (Å²) >= 11 is 2.67. The summed E-state index contributed by atoms with van der Waals surface area (Å²) in [4.78, 5) is 42.4. The summed E-state index contributed by atoms with van der Waals surface area (Å²) in [7, 11) is 0. The van der Waals surface area contributed by atoms with Crippen LogP contribution in [-0.4, -0.2) is 45.8 Å². The van der Waals surface area contributed by atoms with Crippen molar-refractivity contribution in [1.82, 2.24) is 15.2 Å². The number of aromatic nitrogens is 1. The molecule has 0 unspecified atom stereocenters. The van der Waals surface area contributed by atoms with E-state index in [1.165, 1.54) is 29.2 Å². The number of aryl methyl sites for hydroxylation is 1. The van der Waals surface area contributed by atoms with Gasteiger partial charge in [-0.2, -0.15) is 0 Å². The van der Waals surface area contributed by atoms with E-state index in [0.717, 1.165) is 22.9 Å². The van der Waals surface area contributed by atoms with Gasteiger partial charge in [-0.1, -0.05) is 11.8 Å². The lowest BCUT2D eigenvalue weighted by Crippen LogP contribution is -2.46. The molecular formula is C20H22N4O4S2. The van der Waals surface area contributed by atoms with Crippen LogP contribution in [0, 0.1) is 23.0 Å². The molecule has 2 fully saturated rings. The summed E-state index contributed by atoms with van der Waals surface area (Å²) in [5, 5.41) is 16.5. The van der Waals surface area contributed by atoms with Crippen molar-refractivity contribution in [2.75, 3.05) is 13.1 Å². The largest absolute Gasteiger partial charge is 0.353 e. The second-order valence-electron chi connectivity index (χ2n) is 7.65. The van der Waals surface area contributed by atoms with E-state index < -0.39 is 4.92 Å². The molecule has 1 N–H and O–H groups in total. The van der Waals surface area contributed by atoms with Crippen LogP contribution in [0.2, 0.25) is 0 Å². The number of carbonyl (C=O) groups excluding carboxylic acids is 2. The lowest BCUT2D eigenvalue weighted by molar-refractivity contribution is -0.387. The zero-order chi connectivity index (χ0) is 21.3. The third-order valence-corrected chi connectivity index (χ3v) is 7.40. The first-order chi connectivity index (χ1) is 14.4. The normalized spacial score (nSPS) is 17.0. The van der Waals surface area contributed by atoms with Gasteiger partial charge in [0, 0.05) is 47.8 Å². The molecule has 2 amide bonds. The van der Waals surface area contributed by atoms with Crippen LogP contribution in [-0.2, 0) is 4.79 Å². The molecule has 1 aliphatic carbocycles. The number of hydrogen-bond acceptors (Lipinski definition) is 7. The Balaban J connectivity index is 1.41. The van der Waals surface area contributed by atoms with E-state index >= 15 is 0 Å². The fourth-order valence-corrected chi connectivity index (χ4v) is 5.31. The zero-order valence-electron chi connectivity index (χ0n) is 16.5. The van der Waals surface area contributed by atoms with Gasteiger partial charge in [0.2, 0.25) is 5.91 Å². The SMILES string of the molecule is Cc1csc(Sc2ccc(C(=O)N3CCC(NC(=O)C4CC4)CC3)cc2[N+](=O)[O-])n1. The van der Waals surface area contributed by atoms with Crippen LogP contribution in [0.5, 0.6) is 0 Å². The first kappa shape index (κ1) is 20.8. The van der Waals surface area contributed by atoms with Gasteiger partial charge in [-0.25, -0.2) is 4.98 Å². The summed E-state index contributed by atoms with van der Waals surface area (Å²) in [5.74, 6) is 0.0838. The van der Waals surface area contributed by atoms with Gasteiger partial charge in [-0.15, -0.1) is 11.3 Å². The number of thiazole rings is 1. The van der Waals surface area contributed by atoms with Crippen molar-refractivity contribution in [2.45, 2.75) is 47.9 Å². The fourth-order valence-electron chi connectivity index (χ4n) is 3.43. The number of nitrogens with one attached hydrogen (secondary N) is 1. The van der Waals surface area contributed by atoms with Crippen LogP contribution >= 0.6 is 23.1 Å². The molecule has 2 aliphatic rings. The van der Waals surface area contributed by atoms with Crippen LogP contribution in [0.25, 0.3) is 0 Å². The number of nitro benzene ring substituents is 1. The highest BCUT2D eigenvalue weighted by Crippen LogP contribution is 2.37. The lowest BCUT2D eigenvalue weighted by Gasteiger charge is -2.32. The van der Waals surface area contributed by atoms with Crippen LogP contribution < -0.4 is 5.32 Å². The zero-order valence-corrected chi connectivity index (χ0v) is 18.1. The van der Waals surface area contributed by atoms with Gasteiger partial charge in [0.15, 0.2) is 4.34 Å². The molecule has 30 heavy (non-hydrogen) atoms. The Morgan fingerprint density at radius 2 is 2.00 bits per heavy atom. The first-order valence-electron chi connectivity index (χ1n) is 9.89. The number of piperidine rings is 1. The first-order valence-corrected chi connectivity index (χ1v) is 11.6. The van der Waals surface area contributed by atoms with E-state index in [1.54, 1.807) is 17.0 Å². The predicted octanol–water partition coefficient (Wildman–Crippen LogP) is 3.64. The van der Waals surface area contributed by atoms with Gasteiger partial charge < -0.3 is 10.2 Å². The third kappa shape index (κ3) is 4.81. The van der Waals surface area contributed by atoms with Gasteiger partial charge in [0.05, 0.1) is 9.82 Å². The number of nitrogens with zero attached hydrogens (tertiary/aromatic N) is 3. The Kier molecular flexibility index (Phi) is 6.05. The minimum absolute atomic E-state index is 0.0923. The molecule has 1 saturated carbocycles. The van der Waals surface area contributed by atoms with E-state index in [0.29, 0.717) is 36.4 Å². The maximum atomic E-state index is 12.9. The molecule has 1 saturated heterocycles. The Hall–Kier alpha value is -2.46. The van der Waals surface area contributed by atoms with Crippen molar-refractivity contribution in [3.05, 3.63) is 45.0 Å². The lowest BCUT2D eigenvalue weighted by atomic mass is 10.0. The van der Waals surface area contributed by atoms with Crippen molar-refractivity contribution in [2.24, 2.45) is 5.92 Å². The molecule has 4 rings (SSSR count). The molecule has 2 aromatic rings. The Morgan fingerprint density at radius 3 is 2.60 bits per heavy atom. The number of amides is 2. The number of nitro groups is 1. The molecule has 158 valence electrons. The third-order valence-electron chi connectivity index (χ3n) is 5.27. The van der Waals surface area contributed by atoms with E-state index in [2.05, 4.69) is 10.3 Å². The van der Waals surface area contributed by atoms with Gasteiger partial charge >= 0.3 is 0 Å². The molecule has 0 atom stereocenters. The molecular weight excluding hydrogens is 424 g/mol. The van der Waals surface area contributed by atoms with Crippen LogP contribution in [0.4, 0.5) is 5.69 Å². The Morgan fingerprint density at radius 1 is 1.27 bits per heavy atom. The minimum atomic E-state index is -0.459. The highest BCUT2D eigenvalue weighted by atomic mass is 32.2. The number of hydrogen-bond donors (Lipinski definition) is 1. The number of likely N-dealkylation sites (tertiary alicyclic amines) is 1. The van der Waals surface area contributed by atoms with E-state index in [9.17, 15) is 19.7 Å². The summed E-state index contributed by atoms with van der Waals surface area (Å²) in [6.45, 7) is 2.92. The molecule has 10 heteroatoms. The summed E-state index contributed by atoms with van der Waals surface area (Å²) in [6.07, 6.45) is 3.34. The van der Waals surface area contributed by atoms with Crippen molar-refractivity contribution >= 4 is 40.6 Å². The molecule has 1 aromatic heterocycles. The standard InChI is InChI=1S/C20H22N4O4S2/c1-12-11-29-20(21-12)30-17-5-4-14(10-16(17)24(27)28)19(26)23-8-6-15(7-9-23)22-18(25)13-2-3-13/h4-5,10-11,13,15H,2-3,6-9H2,1H3,(H,22,25). The summed E-state index contributed by atoms with van der Waals surface area (Å²) in [5.41, 5.74) is 1.08. The molecule has 0 spiro atoms. The maximum absolute atomic E-state index is 12.9. The Bertz CT molecular complexity index is 981. The fraction of sp³-hybridized carbons (Fsp3) is 0.450. The highest BCUT2D eigenvalue weighted by Gasteiger charge is 2.32. The molecule has 0 radical (unpaired) electrons. The second kappa shape index (κ2) is 8.73. The monoisotopic (exact) mass is 446 g/mol. The summed E-state index contributed by atoms with van der Waals surface area (Å²) < 4.78 is 0.727. The smallest absolute Gasteiger partial charge is 0.284 e. The number of benzene rings is 1. The summed E-state index contributed by atoms with van der Waals surface area (Å²) in [6, 6.07) is 4.71. The molecule has 2 heterocycles. The highest BCUT2D eigenvalue weighted by molar-refractivity contribution is 8.01. The van der Waals surface area contributed by atoms with Crippen LogP contribution in [0.15, 0.2) is 32.8 Å². The van der Waals surface area contributed by atoms with Gasteiger partial charge in [0.1, 0.15) is 0 Å².